The van der Waals surface area contributed by atoms with Crippen LogP contribution in [-0.2, 0) is 16.3 Å². The number of non-ortho nitro benzene ring substituents is 1. The predicted molar refractivity (Wildman–Crippen MR) is 109 cm³/mol. The van der Waals surface area contributed by atoms with Crippen molar-refractivity contribution in [1.29, 1.82) is 0 Å². The summed E-state index contributed by atoms with van der Waals surface area (Å²) in [5, 5.41) is 18.4. The smallest absolute Gasteiger partial charge is 0.269 e. The van der Waals surface area contributed by atoms with Gasteiger partial charge < -0.3 is 5.32 Å². The lowest BCUT2D eigenvalue weighted by atomic mass is 10.2. The molecular weight excluding hydrogens is 376 g/mol. The van der Waals surface area contributed by atoms with Crippen molar-refractivity contribution in [1.82, 2.24) is 9.78 Å². The van der Waals surface area contributed by atoms with Crippen molar-refractivity contribution < 1.29 is 9.72 Å². The molecule has 0 aliphatic carbocycles. The maximum absolute atomic E-state index is 12.5. The molecule has 0 radical (unpaired) electrons. The molecule has 140 valence electrons. The number of nitrogens with one attached hydrogen (secondary N) is 1. The average molecular weight is 392 g/mol. The minimum absolute atomic E-state index is 0.00961. The zero-order valence-corrected chi connectivity index (χ0v) is 15.6. The molecule has 1 aliphatic heterocycles. The van der Waals surface area contributed by atoms with Crippen LogP contribution >= 0.6 is 11.8 Å². The van der Waals surface area contributed by atoms with Crippen LogP contribution < -0.4 is 5.32 Å². The van der Waals surface area contributed by atoms with E-state index in [1.165, 1.54) is 18.2 Å². The summed E-state index contributed by atoms with van der Waals surface area (Å²) in [6, 6.07) is 15.7. The Bertz CT molecular complexity index is 1060. The lowest BCUT2D eigenvalue weighted by Gasteiger charge is -2.09. The molecule has 1 N–H and O–H groups in total. The third-order valence-electron chi connectivity index (χ3n) is 4.33. The van der Waals surface area contributed by atoms with E-state index in [1.54, 1.807) is 34.7 Å². The van der Waals surface area contributed by atoms with Gasteiger partial charge in [0, 0.05) is 35.3 Å². The Kier molecular flexibility index (Phi) is 4.94. The number of nitro benzene ring substituents is 1. The fourth-order valence-corrected chi connectivity index (χ4v) is 3.97. The van der Waals surface area contributed by atoms with Crippen molar-refractivity contribution in [2.75, 3.05) is 5.32 Å². The minimum atomic E-state index is -0.444. The lowest BCUT2D eigenvalue weighted by molar-refractivity contribution is -0.384. The third-order valence-corrected chi connectivity index (χ3v) is 5.30. The summed E-state index contributed by atoms with van der Waals surface area (Å²) in [5.41, 5.74) is 3.51. The highest BCUT2D eigenvalue weighted by Crippen LogP contribution is 2.36. The number of thioether (sulfide) groups is 1. The van der Waals surface area contributed by atoms with Crippen LogP contribution in [0.1, 0.15) is 16.8 Å². The first kappa shape index (κ1) is 18.0. The van der Waals surface area contributed by atoms with Crippen molar-refractivity contribution in [3.63, 3.8) is 0 Å². The Morgan fingerprint density at radius 1 is 1.14 bits per heavy atom. The summed E-state index contributed by atoms with van der Waals surface area (Å²) in [7, 11) is 0. The summed E-state index contributed by atoms with van der Waals surface area (Å²) in [5.74, 6) is 1.89. The average Bonchev–Trinajstić information content (AvgIpc) is 3.30. The minimum Gasteiger partial charge on any atom is -0.307 e. The summed E-state index contributed by atoms with van der Waals surface area (Å²) < 4.78 is 1.64. The Morgan fingerprint density at radius 2 is 1.89 bits per heavy atom. The Balaban J connectivity index is 1.62. The van der Waals surface area contributed by atoms with Gasteiger partial charge >= 0.3 is 0 Å². The molecule has 4 rings (SSSR count). The van der Waals surface area contributed by atoms with Gasteiger partial charge in [0.15, 0.2) is 0 Å². The number of anilines is 1. The van der Waals surface area contributed by atoms with Gasteiger partial charge in [-0.1, -0.05) is 30.3 Å². The molecule has 0 atom stereocenters. The Labute approximate surface area is 165 Å². The van der Waals surface area contributed by atoms with Gasteiger partial charge in [0.25, 0.3) is 5.69 Å². The van der Waals surface area contributed by atoms with Crippen molar-refractivity contribution in [3.8, 4) is 5.69 Å². The normalized spacial score (nSPS) is 12.9. The van der Waals surface area contributed by atoms with E-state index < -0.39 is 4.92 Å². The molecule has 0 fully saturated rings. The van der Waals surface area contributed by atoms with E-state index in [2.05, 4.69) is 10.4 Å². The zero-order valence-electron chi connectivity index (χ0n) is 14.7. The summed E-state index contributed by atoms with van der Waals surface area (Å²) in [6.07, 6.45) is 3.23. The summed E-state index contributed by atoms with van der Waals surface area (Å²) in [6.45, 7) is 0. The largest absolute Gasteiger partial charge is 0.307 e. The molecule has 0 unspecified atom stereocenters. The molecule has 3 aromatic rings. The number of fused-ring (bicyclic) bond motifs is 1. The number of carbonyl (C=O) groups is 1. The number of nitro groups is 1. The SMILES string of the molecule is O=C(C=Cc1ccccc1)Nc1c2c(nn1-c1ccc([N+](=O)[O-])cc1)CSC2. The molecule has 8 heteroatoms. The van der Waals surface area contributed by atoms with E-state index in [0.29, 0.717) is 11.5 Å². The van der Waals surface area contributed by atoms with Crippen molar-refractivity contribution in [2.24, 2.45) is 0 Å². The first-order chi connectivity index (χ1) is 13.6. The van der Waals surface area contributed by atoms with Gasteiger partial charge in [-0.2, -0.15) is 16.9 Å². The first-order valence-electron chi connectivity index (χ1n) is 8.59. The van der Waals surface area contributed by atoms with Crippen molar-refractivity contribution in [2.45, 2.75) is 11.5 Å². The third kappa shape index (κ3) is 3.67. The molecule has 28 heavy (non-hydrogen) atoms. The van der Waals surface area contributed by atoms with Crippen molar-refractivity contribution >= 4 is 35.3 Å². The molecule has 0 spiro atoms. The van der Waals surface area contributed by atoms with E-state index in [0.717, 1.165) is 28.3 Å². The van der Waals surface area contributed by atoms with E-state index in [1.807, 2.05) is 30.3 Å². The fraction of sp³-hybridized carbons (Fsp3) is 0.100. The Morgan fingerprint density at radius 3 is 2.61 bits per heavy atom. The molecule has 1 amide bonds. The molecule has 7 nitrogen and oxygen atoms in total. The van der Waals surface area contributed by atoms with Gasteiger partial charge in [0.2, 0.25) is 5.91 Å². The maximum Gasteiger partial charge on any atom is 0.269 e. The number of hydrogen-bond acceptors (Lipinski definition) is 5. The quantitative estimate of drug-likeness (QED) is 0.400. The van der Waals surface area contributed by atoms with Crippen LogP contribution in [0.25, 0.3) is 11.8 Å². The predicted octanol–water partition coefficient (Wildman–Crippen LogP) is 4.18. The van der Waals surface area contributed by atoms with Gasteiger partial charge in [-0.05, 0) is 23.8 Å². The van der Waals surface area contributed by atoms with E-state index in [9.17, 15) is 14.9 Å². The van der Waals surface area contributed by atoms with Gasteiger partial charge in [-0.15, -0.1) is 0 Å². The van der Waals surface area contributed by atoms with Crippen LogP contribution in [0, 0.1) is 10.1 Å². The monoisotopic (exact) mass is 392 g/mol. The van der Waals surface area contributed by atoms with Crippen LogP contribution in [0.5, 0.6) is 0 Å². The lowest BCUT2D eigenvalue weighted by Crippen LogP contribution is -2.13. The molecule has 0 saturated heterocycles. The molecule has 0 bridgehead atoms. The Hall–Kier alpha value is -3.39. The number of nitrogens with zero attached hydrogens (tertiary/aromatic N) is 3. The van der Waals surface area contributed by atoms with Gasteiger partial charge in [0.1, 0.15) is 5.82 Å². The molecule has 1 aromatic heterocycles. The van der Waals surface area contributed by atoms with Crippen LogP contribution in [0.15, 0.2) is 60.7 Å². The highest BCUT2D eigenvalue weighted by Gasteiger charge is 2.24. The molecule has 1 aliphatic rings. The second-order valence-corrected chi connectivity index (χ2v) is 7.17. The van der Waals surface area contributed by atoms with Crippen LogP contribution in [0.2, 0.25) is 0 Å². The fourth-order valence-electron chi connectivity index (χ4n) is 2.94. The molecule has 2 aromatic carbocycles. The van der Waals surface area contributed by atoms with Gasteiger partial charge in [-0.3, -0.25) is 14.9 Å². The number of carbonyl (C=O) groups excluding carboxylic acids is 1. The van der Waals surface area contributed by atoms with Crippen LogP contribution in [0.3, 0.4) is 0 Å². The second-order valence-electron chi connectivity index (χ2n) is 6.19. The first-order valence-corrected chi connectivity index (χ1v) is 9.75. The summed E-state index contributed by atoms with van der Waals surface area (Å²) >= 11 is 1.74. The number of amides is 1. The summed E-state index contributed by atoms with van der Waals surface area (Å²) in [4.78, 5) is 22.9. The molecular formula is C20H16N4O3S. The number of benzene rings is 2. The standard InChI is InChI=1S/C20H16N4O3S/c25-19(11-6-14-4-2-1-3-5-14)21-20-17-12-28-13-18(17)22-23(20)15-7-9-16(10-8-15)24(26)27/h1-11H,12-13H2,(H,21,25). The van der Waals surface area contributed by atoms with E-state index in [4.69, 9.17) is 0 Å². The van der Waals surface area contributed by atoms with Crippen LogP contribution in [0.4, 0.5) is 11.5 Å². The second kappa shape index (κ2) is 7.69. The number of rotatable bonds is 5. The topological polar surface area (TPSA) is 90.1 Å². The van der Waals surface area contributed by atoms with Crippen molar-refractivity contribution in [3.05, 3.63) is 87.6 Å². The highest BCUT2D eigenvalue weighted by molar-refractivity contribution is 7.98. The molecule has 0 saturated carbocycles. The van der Waals surface area contributed by atoms with Gasteiger partial charge in [0.05, 0.1) is 16.3 Å². The van der Waals surface area contributed by atoms with E-state index >= 15 is 0 Å². The number of hydrogen-bond donors (Lipinski definition) is 1. The number of aromatic nitrogens is 2. The van der Waals surface area contributed by atoms with Crippen LogP contribution in [-0.4, -0.2) is 20.6 Å². The van der Waals surface area contributed by atoms with E-state index in [-0.39, 0.29) is 11.6 Å². The highest BCUT2D eigenvalue weighted by atomic mass is 32.2. The molecule has 2 heterocycles. The van der Waals surface area contributed by atoms with Gasteiger partial charge in [-0.25, -0.2) is 4.68 Å². The maximum atomic E-state index is 12.5. The zero-order chi connectivity index (χ0) is 19.5.